The molecule has 3 fully saturated rings. The van der Waals surface area contributed by atoms with Crippen LogP contribution in [0, 0.1) is 17.3 Å². The summed E-state index contributed by atoms with van der Waals surface area (Å²) < 4.78 is 9.65. The van der Waals surface area contributed by atoms with E-state index in [9.17, 15) is 19.2 Å². The fourth-order valence-corrected chi connectivity index (χ4v) is 11.0. The highest BCUT2D eigenvalue weighted by molar-refractivity contribution is 5.90. The van der Waals surface area contributed by atoms with Crippen LogP contribution in [-0.2, 0) is 31.9 Å². The van der Waals surface area contributed by atoms with Crippen LogP contribution in [0.5, 0.6) is 0 Å². The Hall–Kier alpha value is -5.92. The lowest BCUT2D eigenvalue weighted by atomic mass is 9.82. The lowest BCUT2D eigenvalue weighted by Gasteiger charge is -2.29. The number of carbonyl (C=O) groups excluding carboxylic acids is 4. The molecule has 4 aliphatic rings. The quantitative estimate of drug-likeness (QED) is 0.108. The van der Waals surface area contributed by atoms with Crippen LogP contribution in [0.4, 0.5) is 9.59 Å². The zero-order chi connectivity index (χ0) is 44.2. The highest BCUT2D eigenvalue weighted by atomic mass is 16.5. The minimum Gasteiger partial charge on any atom is -0.453 e. The molecule has 3 aromatic carbocycles. The van der Waals surface area contributed by atoms with Crippen molar-refractivity contribution in [2.75, 3.05) is 27.3 Å². The van der Waals surface area contributed by atoms with E-state index in [-0.39, 0.29) is 41.1 Å². The molecule has 63 heavy (non-hydrogen) atoms. The van der Waals surface area contributed by atoms with E-state index >= 15 is 0 Å². The van der Waals surface area contributed by atoms with E-state index in [1.807, 2.05) is 37.5 Å². The monoisotopic (exact) mass is 856 g/mol. The van der Waals surface area contributed by atoms with Crippen LogP contribution in [0.15, 0.2) is 48.5 Å². The third-order valence-electron chi connectivity index (χ3n) is 14.3. The van der Waals surface area contributed by atoms with Gasteiger partial charge in [0.2, 0.25) is 11.8 Å². The Morgan fingerprint density at radius 3 is 1.48 bits per heavy atom. The van der Waals surface area contributed by atoms with Gasteiger partial charge in [0.1, 0.15) is 23.7 Å². The molecular weight excluding hydrogens is 797 g/mol. The van der Waals surface area contributed by atoms with Crippen molar-refractivity contribution < 1.29 is 28.7 Å². The van der Waals surface area contributed by atoms with Gasteiger partial charge < -0.3 is 39.9 Å². The van der Waals surface area contributed by atoms with Crippen molar-refractivity contribution in [1.29, 1.82) is 0 Å². The second kappa shape index (κ2) is 17.0. The average molecular weight is 857 g/mol. The number of hydrogen-bond acceptors (Lipinski definition) is 8. The van der Waals surface area contributed by atoms with E-state index < -0.39 is 24.3 Å². The second-order valence-electron chi connectivity index (χ2n) is 19.0. The van der Waals surface area contributed by atoms with Gasteiger partial charge in [0.15, 0.2) is 0 Å². The normalized spacial score (nSPS) is 20.3. The molecule has 1 spiro atoms. The van der Waals surface area contributed by atoms with Gasteiger partial charge in [0.05, 0.1) is 48.4 Å². The third-order valence-corrected chi connectivity index (χ3v) is 14.3. The number of fused-ring (bicyclic) bond motifs is 3. The van der Waals surface area contributed by atoms with Crippen molar-refractivity contribution in [1.82, 2.24) is 40.4 Å². The van der Waals surface area contributed by atoms with E-state index in [2.05, 4.69) is 69.1 Å². The molecule has 0 radical (unpaired) electrons. The SMILES string of the molecule is COC(=O)NC(C(=O)N1CCCC1c1nc2ccc(-c3ccc(-c4ccc5nc(C6CCCN6C(=O)C(NC(=O)OC)C(C)C)[nH]c5c4)c4c3CC3(CCCC3)C4)cc2[nH]1)C(C)C. The predicted octanol–water partition coefficient (Wildman–Crippen LogP) is 8.52. The maximum atomic E-state index is 13.8. The molecule has 2 saturated heterocycles. The van der Waals surface area contributed by atoms with Gasteiger partial charge in [-0.1, -0.05) is 64.8 Å². The number of benzene rings is 3. The van der Waals surface area contributed by atoms with Crippen molar-refractivity contribution in [3.63, 3.8) is 0 Å². The smallest absolute Gasteiger partial charge is 0.407 e. The Morgan fingerprint density at radius 2 is 1.08 bits per heavy atom. The minimum atomic E-state index is -0.692. The molecule has 2 aliphatic heterocycles. The van der Waals surface area contributed by atoms with Crippen LogP contribution in [0.1, 0.15) is 114 Å². The summed E-state index contributed by atoms with van der Waals surface area (Å²) in [6, 6.07) is 15.7. The number of aromatic amines is 2. The highest BCUT2D eigenvalue weighted by Gasteiger charge is 2.43. The van der Waals surface area contributed by atoms with Gasteiger partial charge >= 0.3 is 12.2 Å². The van der Waals surface area contributed by atoms with Gasteiger partial charge in [-0.05, 0) is 126 Å². The van der Waals surface area contributed by atoms with Gasteiger partial charge in [-0.3, -0.25) is 9.59 Å². The third kappa shape index (κ3) is 7.90. The Kier molecular flexibility index (Phi) is 11.4. The molecule has 0 bridgehead atoms. The summed E-state index contributed by atoms with van der Waals surface area (Å²) in [5.41, 5.74) is 11.5. The number of nitrogens with zero attached hydrogens (tertiary/aromatic N) is 4. The molecule has 4 atom stereocenters. The first-order valence-electron chi connectivity index (χ1n) is 22.8. The molecule has 4 unspecified atom stereocenters. The van der Waals surface area contributed by atoms with Gasteiger partial charge in [0, 0.05) is 13.1 Å². The highest BCUT2D eigenvalue weighted by Crippen LogP contribution is 2.53. The van der Waals surface area contributed by atoms with Crippen molar-refractivity contribution >= 4 is 46.1 Å². The molecule has 4 amide bonds. The van der Waals surface area contributed by atoms with Crippen LogP contribution < -0.4 is 10.6 Å². The van der Waals surface area contributed by atoms with E-state index in [0.29, 0.717) is 13.1 Å². The number of H-pyrrole nitrogens is 2. The van der Waals surface area contributed by atoms with Crippen molar-refractivity contribution in [2.45, 2.75) is 116 Å². The summed E-state index contributed by atoms with van der Waals surface area (Å²) in [5.74, 6) is 1.06. The molecule has 9 rings (SSSR count). The van der Waals surface area contributed by atoms with Gasteiger partial charge in [-0.2, -0.15) is 0 Å². The standard InChI is InChI=1S/C49H60N8O6/c1-27(2)41(54-47(60)62-5)45(58)56-21-9-11-39(56)43-50-35-17-13-29(23-37(35)52-43)31-15-16-32(34-26-49(25-33(31)34)19-7-8-20-49)30-14-18-36-38(24-30)53-44(51-36)40-12-10-22-57(40)46(59)42(28(3)4)55-48(61)63-6/h13-18,23-24,27-28,39-42H,7-12,19-22,25-26H2,1-6H3,(H,50,52)(H,51,53)(H,54,60)(H,55,61). The lowest BCUT2D eigenvalue weighted by molar-refractivity contribution is -0.136. The van der Waals surface area contributed by atoms with Crippen LogP contribution in [-0.4, -0.2) is 93.1 Å². The number of likely N-dealkylation sites (tertiary alicyclic amines) is 2. The van der Waals surface area contributed by atoms with Crippen molar-refractivity contribution in [3.8, 4) is 22.3 Å². The topological polar surface area (TPSA) is 175 Å². The van der Waals surface area contributed by atoms with Crippen LogP contribution in [0.3, 0.4) is 0 Å². The first-order chi connectivity index (χ1) is 30.4. The molecule has 2 aliphatic carbocycles. The van der Waals surface area contributed by atoms with Crippen LogP contribution in [0.2, 0.25) is 0 Å². The Bertz CT molecular complexity index is 2400. The molecule has 4 heterocycles. The van der Waals surface area contributed by atoms with E-state index in [4.69, 9.17) is 19.4 Å². The predicted molar refractivity (Wildman–Crippen MR) is 241 cm³/mol. The van der Waals surface area contributed by atoms with Crippen LogP contribution >= 0.6 is 0 Å². The largest absolute Gasteiger partial charge is 0.453 e. The number of imidazole rings is 2. The molecule has 14 heteroatoms. The second-order valence-corrected chi connectivity index (χ2v) is 19.0. The van der Waals surface area contributed by atoms with Crippen molar-refractivity contribution in [3.05, 3.63) is 71.3 Å². The summed E-state index contributed by atoms with van der Waals surface area (Å²) in [4.78, 5) is 72.9. The van der Waals surface area contributed by atoms with Gasteiger partial charge in [0.25, 0.3) is 0 Å². The molecule has 4 N–H and O–H groups in total. The van der Waals surface area contributed by atoms with E-state index in [1.165, 1.54) is 62.2 Å². The van der Waals surface area contributed by atoms with E-state index in [0.717, 1.165) is 83.4 Å². The zero-order valence-corrected chi connectivity index (χ0v) is 37.3. The number of carbonyl (C=O) groups is 4. The van der Waals surface area contributed by atoms with E-state index in [1.54, 1.807) is 0 Å². The van der Waals surface area contributed by atoms with Gasteiger partial charge in [-0.15, -0.1) is 0 Å². The number of rotatable bonds is 10. The fourth-order valence-electron chi connectivity index (χ4n) is 11.0. The van der Waals surface area contributed by atoms with Crippen LogP contribution in [0.25, 0.3) is 44.3 Å². The Balaban J connectivity index is 1.01. The van der Waals surface area contributed by atoms with Crippen molar-refractivity contribution in [2.24, 2.45) is 17.3 Å². The number of aromatic nitrogens is 4. The Labute approximate surface area is 368 Å². The molecule has 5 aromatic rings. The number of amides is 4. The van der Waals surface area contributed by atoms with Gasteiger partial charge in [-0.25, -0.2) is 19.6 Å². The first-order valence-corrected chi connectivity index (χ1v) is 22.8. The zero-order valence-electron chi connectivity index (χ0n) is 37.3. The summed E-state index contributed by atoms with van der Waals surface area (Å²) >= 11 is 0. The summed E-state index contributed by atoms with van der Waals surface area (Å²) in [6.07, 6.45) is 9.16. The number of ether oxygens (including phenoxy) is 2. The number of alkyl carbamates (subject to hydrolysis) is 2. The molecular formula is C49H60N8O6. The summed E-state index contributed by atoms with van der Waals surface area (Å²) in [6.45, 7) is 8.89. The molecule has 2 aromatic heterocycles. The molecule has 14 nitrogen and oxygen atoms in total. The maximum Gasteiger partial charge on any atom is 0.407 e. The molecule has 1 saturated carbocycles. The summed E-state index contributed by atoms with van der Waals surface area (Å²) in [5, 5.41) is 5.49. The number of hydrogen-bond donors (Lipinski definition) is 4. The maximum absolute atomic E-state index is 13.8. The first kappa shape index (κ1) is 42.4. The number of methoxy groups -OCH3 is 2. The lowest BCUT2D eigenvalue weighted by Crippen LogP contribution is -2.51. The Morgan fingerprint density at radius 1 is 0.651 bits per heavy atom. The molecule has 332 valence electrons. The number of nitrogens with one attached hydrogen (secondary N) is 4. The summed E-state index contributed by atoms with van der Waals surface area (Å²) in [7, 11) is 2.61. The fraction of sp³-hybridized carbons (Fsp3) is 0.510. The average Bonchev–Trinajstić information content (AvgIpc) is 4.14. The minimum absolute atomic E-state index is 0.108.